The Balaban J connectivity index is 4.37. The topological polar surface area (TPSA) is 78.9 Å². The van der Waals surface area contributed by atoms with Crippen molar-refractivity contribution in [2.75, 3.05) is 13.2 Å². The molecule has 6 heteroatoms. The fourth-order valence-corrected chi connectivity index (χ4v) is 7.31. The summed E-state index contributed by atoms with van der Waals surface area (Å²) in [7, 11) is 0. The van der Waals surface area contributed by atoms with E-state index in [0.29, 0.717) is 19.3 Å². The van der Waals surface area contributed by atoms with E-state index in [9.17, 15) is 14.4 Å². The number of esters is 3. The van der Waals surface area contributed by atoms with Crippen LogP contribution in [0.3, 0.4) is 0 Å². The first kappa shape index (κ1) is 55.9. The number of carbonyl (C=O) groups is 3. The van der Waals surface area contributed by atoms with Crippen LogP contribution in [0.4, 0.5) is 0 Å². The molecular formula is C52H96O6. The lowest BCUT2D eigenvalue weighted by atomic mass is 10.0. The van der Waals surface area contributed by atoms with E-state index in [1.54, 1.807) is 0 Å². The Morgan fingerprint density at radius 2 is 0.569 bits per heavy atom. The number of carbonyl (C=O) groups excluding carboxylic acids is 3. The second kappa shape index (κ2) is 47.6. The third-order valence-electron chi connectivity index (χ3n) is 11.2. The maximum Gasteiger partial charge on any atom is 0.306 e. The number of allylic oxidation sites excluding steroid dienone is 4. The van der Waals surface area contributed by atoms with Crippen molar-refractivity contribution in [1.29, 1.82) is 0 Å². The van der Waals surface area contributed by atoms with Crippen molar-refractivity contribution < 1.29 is 28.6 Å². The lowest BCUT2D eigenvalue weighted by Crippen LogP contribution is -2.30. The maximum atomic E-state index is 12.8. The highest BCUT2D eigenvalue weighted by atomic mass is 16.6. The molecule has 0 spiro atoms. The summed E-state index contributed by atoms with van der Waals surface area (Å²) < 4.78 is 16.8. The summed E-state index contributed by atoms with van der Waals surface area (Å²) in [5, 5.41) is 0. The molecule has 0 aromatic heterocycles. The van der Waals surface area contributed by atoms with Crippen molar-refractivity contribution in [3.05, 3.63) is 24.3 Å². The fraction of sp³-hybridized carbons (Fsp3) is 0.865. The van der Waals surface area contributed by atoms with Crippen LogP contribution in [-0.4, -0.2) is 37.2 Å². The van der Waals surface area contributed by atoms with Crippen LogP contribution in [0.5, 0.6) is 0 Å². The highest BCUT2D eigenvalue weighted by molar-refractivity contribution is 5.71. The van der Waals surface area contributed by atoms with Gasteiger partial charge in [-0.15, -0.1) is 0 Å². The SMILES string of the molecule is CCCCCCC/C=C\CCCCCCCC(=O)OCC(COC(=O)CCCCCCCCCCCCCC)OC(=O)CCCCCCC/C=C\CCCCCCC. The number of hydrogen-bond donors (Lipinski definition) is 0. The minimum atomic E-state index is -0.773. The van der Waals surface area contributed by atoms with Crippen molar-refractivity contribution in [3.8, 4) is 0 Å². The molecule has 0 N–H and O–H groups in total. The second-order valence-corrected chi connectivity index (χ2v) is 17.1. The molecule has 0 aromatic carbocycles. The molecule has 0 radical (unpaired) electrons. The quantitative estimate of drug-likeness (QED) is 0.0263. The van der Waals surface area contributed by atoms with Gasteiger partial charge in [-0.05, 0) is 70.6 Å². The van der Waals surface area contributed by atoms with Gasteiger partial charge in [-0.1, -0.05) is 206 Å². The van der Waals surface area contributed by atoms with Gasteiger partial charge < -0.3 is 14.2 Å². The molecule has 0 heterocycles. The Kier molecular flexibility index (Phi) is 45.8. The summed E-state index contributed by atoms with van der Waals surface area (Å²) in [4.78, 5) is 37.9. The highest BCUT2D eigenvalue weighted by Crippen LogP contribution is 2.15. The van der Waals surface area contributed by atoms with Gasteiger partial charge in [-0.25, -0.2) is 0 Å². The van der Waals surface area contributed by atoms with E-state index in [-0.39, 0.29) is 31.1 Å². The van der Waals surface area contributed by atoms with Gasteiger partial charge >= 0.3 is 17.9 Å². The number of ether oxygens (including phenoxy) is 3. The second-order valence-electron chi connectivity index (χ2n) is 17.1. The molecule has 6 nitrogen and oxygen atoms in total. The van der Waals surface area contributed by atoms with Crippen molar-refractivity contribution >= 4 is 17.9 Å². The van der Waals surface area contributed by atoms with E-state index in [4.69, 9.17) is 14.2 Å². The summed E-state index contributed by atoms with van der Waals surface area (Å²) in [5.41, 5.74) is 0. The van der Waals surface area contributed by atoms with Crippen LogP contribution in [0.1, 0.15) is 271 Å². The smallest absolute Gasteiger partial charge is 0.306 e. The van der Waals surface area contributed by atoms with Crippen LogP contribution < -0.4 is 0 Å². The van der Waals surface area contributed by atoms with E-state index in [0.717, 1.165) is 70.6 Å². The van der Waals surface area contributed by atoms with Crippen molar-refractivity contribution in [3.63, 3.8) is 0 Å². The lowest BCUT2D eigenvalue weighted by molar-refractivity contribution is -0.167. The van der Waals surface area contributed by atoms with Gasteiger partial charge in [0, 0.05) is 19.3 Å². The molecule has 0 aliphatic rings. The largest absolute Gasteiger partial charge is 0.462 e. The summed E-state index contributed by atoms with van der Waals surface area (Å²) in [5.74, 6) is -0.881. The van der Waals surface area contributed by atoms with Gasteiger partial charge in [0.25, 0.3) is 0 Å². The molecule has 1 unspecified atom stereocenters. The van der Waals surface area contributed by atoms with Gasteiger partial charge in [0.15, 0.2) is 6.10 Å². The van der Waals surface area contributed by atoms with Crippen LogP contribution in [-0.2, 0) is 28.6 Å². The van der Waals surface area contributed by atoms with Crippen molar-refractivity contribution in [2.45, 2.75) is 277 Å². The van der Waals surface area contributed by atoms with E-state index in [1.807, 2.05) is 0 Å². The third-order valence-corrected chi connectivity index (χ3v) is 11.2. The Labute approximate surface area is 360 Å². The first-order chi connectivity index (χ1) is 28.5. The maximum absolute atomic E-state index is 12.8. The van der Waals surface area contributed by atoms with Gasteiger partial charge in [-0.3, -0.25) is 14.4 Å². The molecular weight excluding hydrogens is 721 g/mol. The molecule has 0 bridgehead atoms. The van der Waals surface area contributed by atoms with Crippen LogP contribution in [0, 0.1) is 0 Å². The zero-order valence-corrected chi connectivity index (χ0v) is 38.8. The fourth-order valence-electron chi connectivity index (χ4n) is 7.31. The number of rotatable bonds is 46. The van der Waals surface area contributed by atoms with E-state index in [1.165, 1.54) is 161 Å². The van der Waals surface area contributed by atoms with Crippen LogP contribution in [0.25, 0.3) is 0 Å². The highest BCUT2D eigenvalue weighted by Gasteiger charge is 2.19. The predicted molar refractivity (Wildman–Crippen MR) is 247 cm³/mol. The minimum absolute atomic E-state index is 0.0737. The first-order valence-electron chi connectivity index (χ1n) is 25.3. The van der Waals surface area contributed by atoms with Crippen LogP contribution >= 0.6 is 0 Å². The Bertz CT molecular complexity index is 942. The van der Waals surface area contributed by atoms with E-state index >= 15 is 0 Å². The zero-order valence-electron chi connectivity index (χ0n) is 38.8. The average molecular weight is 817 g/mol. The number of hydrogen-bond acceptors (Lipinski definition) is 6. The van der Waals surface area contributed by atoms with Crippen LogP contribution in [0.15, 0.2) is 24.3 Å². The molecule has 0 aliphatic carbocycles. The van der Waals surface area contributed by atoms with Crippen molar-refractivity contribution in [1.82, 2.24) is 0 Å². The normalized spacial score (nSPS) is 12.1. The van der Waals surface area contributed by atoms with Gasteiger partial charge in [0.2, 0.25) is 0 Å². The molecule has 0 fully saturated rings. The van der Waals surface area contributed by atoms with Crippen LogP contribution in [0.2, 0.25) is 0 Å². The van der Waals surface area contributed by atoms with E-state index < -0.39 is 6.10 Å². The summed E-state index contributed by atoms with van der Waals surface area (Å²) in [6.45, 7) is 6.62. The standard InChI is InChI=1S/C52H96O6/c1-4-7-10-13-16-19-22-25-27-30-33-36-39-42-45-51(54)57-48-49(47-56-50(53)44-41-38-35-32-29-24-21-18-15-12-9-6-3)58-52(55)46-43-40-37-34-31-28-26-23-20-17-14-11-8-5-2/h22-23,25-26,49H,4-21,24,27-48H2,1-3H3/b25-22-,26-23-. The summed E-state index contributed by atoms with van der Waals surface area (Å²) in [6.07, 6.45) is 52.9. The van der Waals surface area contributed by atoms with E-state index in [2.05, 4.69) is 45.1 Å². The molecule has 0 saturated heterocycles. The minimum Gasteiger partial charge on any atom is -0.462 e. The molecule has 0 amide bonds. The summed E-state index contributed by atoms with van der Waals surface area (Å²) >= 11 is 0. The monoisotopic (exact) mass is 817 g/mol. The zero-order chi connectivity index (χ0) is 42.3. The van der Waals surface area contributed by atoms with Gasteiger partial charge in [0.05, 0.1) is 0 Å². The first-order valence-corrected chi connectivity index (χ1v) is 25.3. The molecule has 0 aliphatic heterocycles. The predicted octanol–water partition coefficient (Wildman–Crippen LogP) is 16.4. The molecule has 0 rings (SSSR count). The van der Waals surface area contributed by atoms with Gasteiger partial charge in [-0.2, -0.15) is 0 Å². The lowest BCUT2D eigenvalue weighted by Gasteiger charge is -2.18. The molecule has 58 heavy (non-hydrogen) atoms. The third kappa shape index (κ3) is 45.0. The molecule has 1 atom stereocenters. The molecule has 340 valence electrons. The molecule has 0 aromatic rings. The number of unbranched alkanes of at least 4 members (excludes halogenated alkanes) is 31. The van der Waals surface area contributed by atoms with Gasteiger partial charge in [0.1, 0.15) is 13.2 Å². The molecule has 0 saturated carbocycles. The Morgan fingerprint density at radius 1 is 0.328 bits per heavy atom. The Morgan fingerprint density at radius 3 is 0.862 bits per heavy atom. The Hall–Kier alpha value is -2.11. The average Bonchev–Trinajstić information content (AvgIpc) is 3.22. The summed E-state index contributed by atoms with van der Waals surface area (Å²) in [6, 6.07) is 0. The van der Waals surface area contributed by atoms with Crippen molar-refractivity contribution in [2.24, 2.45) is 0 Å².